The van der Waals surface area contributed by atoms with Gasteiger partial charge < -0.3 is 15.2 Å². The zero-order chi connectivity index (χ0) is 17.1. The van der Waals surface area contributed by atoms with Crippen molar-refractivity contribution in [1.82, 2.24) is 5.32 Å². The summed E-state index contributed by atoms with van der Waals surface area (Å²) >= 11 is 0. The summed E-state index contributed by atoms with van der Waals surface area (Å²) in [6, 6.07) is 7.00. The molecule has 1 aromatic carbocycles. The maximum Gasteiger partial charge on any atom is 0.307 e. The fraction of sp³-hybridized carbons (Fsp3) is 0.471. The number of hydrogen-bond donors (Lipinski definition) is 2. The topological polar surface area (TPSA) is 95.9 Å². The summed E-state index contributed by atoms with van der Waals surface area (Å²) in [5, 5.41) is 11.9. The Hall–Kier alpha value is -2.57. The second-order valence-corrected chi connectivity index (χ2v) is 6.15. The maximum absolute atomic E-state index is 12.6. The Morgan fingerprint density at radius 1 is 1.25 bits per heavy atom. The van der Waals surface area contributed by atoms with Crippen molar-refractivity contribution >= 4 is 23.5 Å². The van der Waals surface area contributed by atoms with Gasteiger partial charge in [-0.05, 0) is 25.0 Å². The zero-order valence-electron chi connectivity index (χ0n) is 13.2. The molecule has 128 valence electrons. The molecule has 0 radical (unpaired) electrons. The van der Waals surface area contributed by atoms with Crippen LogP contribution in [0.25, 0.3) is 0 Å². The quantitative estimate of drug-likeness (QED) is 0.848. The number of ether oxygens (including phenoxy) is 1. The number of aliphatic carboxylic acids is 1. The number of carboxylic acids is 1. The third-order valence-electron chi connectivity index (χ3n) is 4.35. The van der Waals surface area contributed by atoms with Crippen molar-refractivity contribution < 1.29 is 24.2 Å². The van der Waals surface area contributed by atoms with Crippen LogP contribution in [0.1, 0.15) is 32.1 Å². The maximum atomic E-state index is 12.6. The van der Waals surface area contributed by atoms with Gasteiger partial charge in [0.25, 0.3) is 5.91 Å². The van der Waals surface area contributed by atoms with E-state index < -0.39 is 24.4 Å². The molecule has 3 rings (SSSR count). The van der Waals surface area contributed by atoms with E-state index in [9.17, 15) is 14.4 Å². The number of carboxylic acid groups (broad SMARTS) is 1. The van der Waals surface area contributed by atoms with E-state index in [1.54, 1.807) is 24.3 Å². The smallest absolute Gasteiger partial charge is 0.307 e. The van der Waals surface area contributed by atoms with Crippen LogP contribution in [0.3, 0.4) is 0 Å². The molecule has 2 amide bonds. The highest BCUT2D eigenvalue weighted by Gasteiger charge is 2.36. The lowest BCUT2D eigenvalue weighted by atomic mass is 10.1. The molecule has 1 aliphatic heterocycles. The van der Waals surface area contributed by atoms with Crippen LogP contribution in [-0.4, -0.2) is 41.6 Å². The lowest BCUT2D eigenvalue weighted by Crippen LogP contribution is -2.51. The molecule has 1 aliphatic carbocycles. The Bertz CT molecular complexity index is 654. The number of nitrogens with zero attached hydrogens (tertiary/aromatic N) is 1. The minimum absolute atomic E-state index is 0.133. The standard InChI is InChI=1S/C17H20N2O5/c20-15(18-11-5-1-2-6-11)10-19-12-7-3-4-8-13(12)24-14(17(19)23)9-16(21)22/h3-4,7-8,11,14H,1-2,5-6,9-10H2,(H,18,20)(H,21,22)/t14-/m0/s1. The van der Waals surface area contributed by atoms with Crippen molar-refractivity contribution in [3.05, 3.63) is 24.3 Å². The van der Waals surface area contributed by atoms with Gasteiger partial charge in [-0.1, -0.05) is 25.0 Å². The summed E-state index contributed by atoms with van der Waals surface area (Å²) in [6.07, 6.45) is 2.57. The molecule has 0 spiro atoms. The van der Waals surface area contributed by atoms with E-state index in [0.717, 1.165) is 25.7 Å². The number of anilines is 1. The molecule has 1 saturated carbocycles. The molecule has 0 unspecified atom stereocenters. The Balaban J connectivity index is 1.77. The van der Waals surface area contributed by atoms with Gasteiger partial charge in [0.2, 0.25) is 5.91 Å². The number of para-hydroxylation sites is 2. The number of carbonyl (C=O) groups excluding carboxylic acids is 2. The van der Waals surface area contributed by atoms with Crippen molar-refractivity contribution in [1.29, 1.82) is 0 Å². The first-order valence-corrected chi connectivity index (χ1v) is 8.13. The van der Waals surface area contributed by atoms with Crippen LogP contribution in [0.4, 0.5) is 5.69 Å². The van der Waals surface area contributed by atoms with E-state index in [1.807, 2.05) is 0 Å². The fourth-order valence-electron chi connectivity index (χ4n) is 3.21. The lowest BCUT2D eigenvalue weighted by Gasteiger charge is -2.33. The van der Waals surface area contributed by atoms with E-state index in [-0.39, 0.29) is 18.5 Å². The van der Waals surface area contributed by atoms with Crippen molar-refractivity contribution in [3.63, 3.8) is 0 Å². The predicted molar refractivity (Wildman–Crippen MR) is 85.9 cm³/mol. The molecule has 2 N–H and O–H groups in total. The molecule has 7 nitrogen and oxygen atoms in total. The van der Waals surface area contributed by atoms with Gasteiger partial charge in [-0.3, -0.25) is 19.3 Å². The molecule has 1 heterocycles. The van der Waals surface area contributed by atoms with Gasteiger partial charge in [0.1, 0.15) is 12.3 Å². The number of amides is 2. The van der Waals surface area contributed by atoms with Crippen molar-refractivity contribution in [2.45, 2.75) is 44.2 Å². The minimum atomic E-state index is -1.12. The van der Waals surface area contributed by atoms with Crippen LogP contribution in [0.5, 0.6) is 5.75 Å². The van der Waals surface area contributed by atoms with E-state index in [4.69, 9.17) is 9.84 Å². The highest BCUT2D eigenvalue weighted by molar-refractivity contribution is 6.04. The first-order valence-electron chi connectivity index (χ1n) is 8.13. The fourth-order valence-corrected chi connectivity index (χ4v) is 3.21. The molecule has 1 aromatic rings. The minimum Gasteiger partial charge on any atom is -0.481 e. The van der Waals surface area contributed by atoms with E-state index >= 15 is 0 Å². The summed E-state index contributed by atoms with van der Waals surface area (Å²) < 4.78 is 5.50. The van der Waals surface area contributed by atoms with Gasteiger partial charge in [0, 0.05) is 6.04 Å². The summed E-state index contributed by atoms with van der Waals surface area (Å²) in [4.78, 5) is 37.1. The van der Waals surface area contributed by atoms with Gasteiger partial charge in [-0.15, -0.1) is 0 Å². The average molecular weight is 332 g/mol. The van der Waals surface area contributed by atoms with Crippen LogP contribution in [-0.2, 0) is 14.4 Å². The number of fused-ring (bicyclic) bond motifs is 1. The molecular formula is C17H20N2O5. The molecule has 24 heavy (non-hydrogen) atoms. The summed E-state index contributed by atoms with van der Waals surface area (Å²) in [5.41, 5.74) is 0.491. The van der Waals surface area contributed by atoms with E-state index in [0.29, 0.717) is 11.4 Å². The van der Waals surface area contributed by atoms with Crippen LogP contribution in [0, 0.1) is 0 Å². The molecule has 0 aromatic heterocycles. The van der Waals surface area contributed by atoms with Crippen molar-refractivity contribution in [2.24, 2.45) is 0 Å². The number of benzene rings is 1. The molecule has 0 bridgehead atoms. The third kappa shape index (κ3) is 3.50. The highest BCUT2D eigenvalue weighted by Crippen LogP contribution is 2.34. The Morgan fingerprint density at radius 3 is 2.67 bits per heavy atom. The van der Waals surface area contributed by atoms with Gasteiger partial charge in [0.15, 0.2) is 6.10 Å². The van der Waals surface area contributed by atoms with Crippen molar-refractivity contribution in [3.8, 4) is 5.75 Å². The summed E-state index contributed by atoms with van der Waals surface area (Å²) in [7, 11) is 0. The average Bonchev–Trinajstić information content (AvgIpc) is 3.03. The monoisotopic (exact) mass is 332 g/mol. The molecule has 7 heteroatoms. The molecule has 2 aliphatic rings. The second-order valence-electron chi connectivity index (χ2n) is 6.15. The van der Waals surface area contributed by atoms with Crippen LogP contribution >= 0.6 is 0 Å². The third-order valence-corrected chi connectivity index (χ3v) is 4.35. The largest absolute Gasteiger partial charge is 0.481 e. The number of nitrogens with one attached hydrogen (secondary N) is 1. The lowest BCUT2D eigenvalue weighted by molar-refractivity contribution is -0.142. The first kappa shape index (κ1) is 16.3. The summed E-state index contributed by atoms with van der Waals surface area (Å²) in [5.74, 6) is -1.45. The van der Waals surface area contributed by atoms with Gasteiger partial charge >= 0.3 is 5.97 Å². The number of rotatable bonds is 5. The molecule has 1 fully saturated rings. The van der Waals surface area contributed by atoms with E-state index in [2.05, 4.69) is 5.32 Å². The molecular weight excluding hydrogens is 312 g/mol. The van der Waals surface area contributed by atoms with Gasteiger partial charge in [-0.2, -0.15) is 0 Å². The van der Waals surface area contributed by atoms with E-state index in [1.165, 1.54) is 4.90 Å². The molecule has 0 saturated heterocycles. The van der Waals surface area contributed by atoms with Crippen LogP contribution in [0.2, 0.25) is 0 Å². The van der Waals surface area contributed by atoms with Crippen molar-refractivity contribution in [2.75, 3.05) is 11.4 Å². The predicted octanol–water partition coefficient (Wildman–Crippen LogP) is 1.31. The zero-order valence-corrected chi connectivity index (χ0v) is 13.2. The SMILES string of the molecule is O=C(O)C[C@@H]1Oc2ccccc2N(CC(=O)NC2CCCC2)C1=O. The first-order chi connectivity index (χ1) is 11.5. The second kappa shape index (κ2) is 6.90. The van der Waals surface area contributed by atoms with Gasteiger partial charge in [0.05, 0.1) is 12.1 Å². The Morgan fingerprint density at radius 2 is 1.96 bits per heavy atom. The highest BCUT2D eigenvalue weighted by atomic mass is 16.5. The van der Waals surface area contributed by atoms with Crippen LogP contribution in [0.15, 0.2) is 24.3 Å². The summed E-state index contributed by atoms with van der Waals surface area (Å²) in [6.45, 7) is -0.133. The Labute approximate surface area is 139 Å². The normalized spacial score (nSPS) is 20.4. The number of carbonyl (C=O) groups is 3. The number of hydrogen-bond acceptors (Lipinski definition) is 4. The van der Waals surface area contributed by atoms with Crippen LogP contribution < -0.4 is 15.0 Å². The molecule has 1 atom stereocenters. The Kier molecular flexibility index (Phi) is 4.69. The van der Waals surface area contributed by atoms with Gasteiger partial charge in [-0.25, -0.2) is 0 Å².